The molecule has 20 heteroatoms. The van der Waals surface area contributed by atoms with E-state index >= 15 is 0 Å². The lowest BCUT2D eigenvalue weighted by molar-refractivity contribution is -0.0264. The molecule has 0 spiro atoms. The molecule has 0 saturated carbocycles. The van der Waals surface area contributed by atoms with Gasteiger partial charge in [-0.25, -0.2) is 0 Å². The van der Waals surface area contributed by atoms with Crippen LogP contribution in [-0.2, 0) is 63.8 Å². The molecule has 0 aromatic heterocycles. The number of ether oxygens (including phenoxy) is 10. The van der Waals surface area contributed by atoms with Crippen molar-refractivity contribution < 1.29 is 63.8 Å². The van der Waals surface area contributed by atoms with Crippen LogP contribution in [0.3, 0.4) is 0 Å². The number of hydrogen-bond acceptors (Lipinski definition) is 14. The first kappa shape index (κ1) is 58.7. The summed E-state index contributed by atoms with van der Waals surface area (Å²) in [6, 6.07) is 1.91. The third-order valence-electron chi connectivity index (χ3n) is 7.28. The maximum atomic E-state index is 6.55. The molecular weight excluding hydrogens is 849 g/mol. The van der Waals surface area contributed by atoms with Crippen molar-refractivity contribution in [1.29, 1.82) is 0 Å². The molecule has 0 aliphatic rings. The Kier molecular flexibility index (Phi) is 33.7. The van der Waals surface area contributed by atoms with Crippen LogP contribution >= 0.6 is 0 Å². The highest BCUT2D eigenvalue weighted by molar-refractivity contribution is 6.88. The van der Waals surface area contributed by atoms with E-state index in [0.29, 0.717) is 132 Å². The van der Waals surface area contributed by atoms with Gasteiger partial charge in [0.25, 0.3) is 0 Å². The monoisotopic (exact) mass is 938 g/mol. The maximum absolute atomic E-state index is 6.55. The minimum absolute atomic E-state index is 0.512. The Morgan fingerprint density at radius 2 is 0.345 bits per heavy atom. The van der Waals surface area contributed by atoms with Crippen molar-refractivity contribution in [1.82, 2.24) is 0 Å². The van der Waals surface area contributed by atoms with E-state index in [1.807, 2.05) is 0 Å². The van der Waals surface area contributed by atoms with Crippen molar-refractivity contribution in [2.45, 2.75) is 117 Å². The molecule has 0 atom stereocenters. The predicted molar refractivity (Wildman–Crippen MR) is 248 cm³/mol. The summed E-state index contributed by atoms with van der Waals surface area (Å²) in [5.41, 5.74) is 0. The zero-order valence-corrected chi connectivity index (χ0v) is 45.7. The van der Waals surface area contributed by atoms with Crippen molar-refractivity contribution >= 4 is 50.4 Å². The van der Waals surface area contributed by atoms with Gasteiger partial charge in [0, 0.05) is 13.2 Å². The number of hydrogen-bond donors (Lipinski definition) is 0. The van der Waals surface area contributed by atoms with Gasteiger partial charge in [0.2, 0.25) is 0 Å². The summed E-state index contributed by atoms with van der Waals surface area (Å²) in [5.74, 6) is 0. The Balaban J connectivity index is 3.43. The minimum Gasteiger partial charge on any atom is -0.437 e. The van der Waals surface area contributed by atoms with E-state index in [-0.39, 0.29) is 0 Å². The Bertz CT molecular complexity index is 842. The molecule has 0 unspecified atom stereocenters. The molecular formula is C38H90O14Si6. The molecule has 0 aliphatic heterocycles. The van der Waals surface area contributed by atoms with Crippen LogP contribution in [0.1, 0.15) is 12.8 Å². The quantitative estimate of drug-likeness (QED) is 0.0443. The average molecular weight is 940 g/mol. The second-order valence-electron chi connectivity index (χ2n) is 18.5. The van der Waals surface area contributed by atoms with Crippen LogP contribution in [0.4, 0.5) is 0 Å². The summed E-state index contributed by atoms with van der Waals surface area (Å²) in [4.78, 5) is 0. The van der Waals surface area contributed by atoms with Crippen LogP contribution in [0.25, 0.3) is 0 Å². The molecule has 0 amide bonds. The molecule has 0 aromatic rings. The Labute approximate surface area is 361 Å². The first-order valence-corrected chi connectivity index (χ1v) is 40.3. The van der Waals surface area contributed by atoms with Crippen molar-refractivity contribution in [2.24, 2.45) is 0 Å². The Hall–Kier alpha value is 0.741. The second-order valence-corrected chi connectivity index (χ2v) is 44.2. The minimum atomic E-state index is -2.19. The molecule has 0 radical (unpaired) electrons. The van der Waals surface area contributed by atoms with E-state index in [9.17, 15) is 0 Å². The lowest BCUT2D eigenvalue weighted by Crippen LogP contribution is -2.52. The molecule has 0 aliphatic carbocycles. The molecule has 0 heterocycles. The van der Waals surface area contributed by atoms with Gasteiger partial charge in [0.15, 0.2) is 33.3 Å². The molecule has 0 bridgehead atoms. The summed E-state index contributed by atoms with van der Waals surface area (Å²) in [5, 5.41) is 0. The summed E-state index contributed by atoms with van der Waals surface area (Å²) in [7, 11) is -11.1. The van der Waals surface area contributed by atoms with Gasteiger partial charge in [-0.1, -0.05) is 0 Å². The maximum Gasteiger partial charge on any atom is 0.314 e. The van der Waals surface area contributed by atoms with Crippen molar-refractivity contribution in [3.8, 4) is 0 Å². The zero-order chi connectivity index (χ0) is 43.9. The van der Waals surface area contributed by atoms with Crippen LogP contribution in [0, 0.1) is 0 Å². The fourth-order valence-corrected chi connectivity index (χ4v) is 30.9. The molecule has 0 rings (SSSR count). The van der Waals surface area contributed by atoms with Crippen LogP contribution in [0.5, 0.6) is 0 Å². The van der Waals surface area contributed by atoms with E-state index < -0.39 is 50.4 Å². The van der Waals surface area contributed by atoms with E-state index in [1.54, 1.807) is 0 Å². The molecule has 0 aromatic carbocycles. The van der Waals surface area contributed by atoms with Gasteiger partial charge in [-0.05, 0) is 117 Å². The molecule has 14 nitrogen and oxygen atoms in total. The largest absolute Gasteiger partial charge is 0.437 e. The van der Waals surface area contributed by atoms with Crippen molar-refractivity contribution in [2.75, 3.05) is 132 Å². The third kappa shape index (κ3) is 43.4. The first-order valence-electron chi connectivity index (χ1n) is 21.6. The smallest absolute Gasteiger partial charge is 0.314 e. The van der Waals surface area contributed by atoms with Gasteiger partial charge < -0.3 is 63.8 Å². The van der Waals surface area contributed by atoms with Gasteiger partial charge in [-0.3, -0.25) is 0 Å². The highest BCUT2D eigenvalue weighted by Crippen LogP contribution is 2.26. The topological polar surface area (TPSA) is 129 Å². The fourth-order valence-electron chi connectivity index (χ4n) is 5.91. The molecule has 0 fully saturated rings. The summed E-state index contributed by atoms with van der Waals surface area (Å²) < 4.78 is 82.3. The van der Waals surface area contributed by atoms with Gasteiger partial charge in [-0.2, -0.15) is 0 Å². The zero-order valence-electron chi connectivity index (χ0n) is 39.7. The molecule has 350 valence electrons. The van der Waals surface area contributed by atoms with Gasteiger partial charge in [0.05, 0.1) is 119 Å². The Morgan fingerprint density at radius 3 is 0.483 bits per heavy atom. The first-order chi connectivity index (χ1) is 27.0. The molecule has 58 heavy (non-hydrogen) atoms. The normalized spacial score (nSPS) is 13.6. The van der Waals surface area contributed by atoms with Gasteiger partial charge in [-0.15, -0.1) is 0 Å². The Morgan fingerprint density at radius 1 is 0.207 bits per heavy atom. The highest BCUT2D eigenvalue weighted by Gasteiger charge is 2.41. The lowest BCUT2D eigenvalue weighted by Gasteiger charge is -2.38. The van der Waals surface area contributed by atoms with Gasteiger partial charge >= 0.3 is 17.1 Å². The van der Waals surface area contributed by atoms with Crippen LogP contribution in [-0.4, -0.2) is 183 Å². The fraction of sp³-hybridized carbons (Fsp3) is 1.00. The second kappa shape index (κ2) is 33.3. The van der Waals surface area contributed by atoms with Crippen LogP contribution < -0.4 is 0 Å². The van der Waals surface area contributed by atoms with Crippen molar-refractivity contribution in [3.05, 3.63) is 0 Å². The molecule has 0 N–H and O–H groups in total. The van der Waals surface area contributed by atoms with E-state index in [4.69, 9.17) is 63.8 Å². The predicted octanol–water partition coefficient (Wildman–Crippen LogP) is 7.48. The van der Waals surface area contributed by atoms with E-state index in [0.717, 1.165) is 24.9 Å². The van der Waals surface area contributed by atoms with Crippen LogP contribution in [0.15, 0.2) is 0 Å². The SMILES string of the molecule is C[Si](C)(C)O[Si](C)(CCCOCCOCCOCCOCCOCCOCCOCCOCCOCCOCCC[Si](C)(O[Si](C)(C)C)O[Si](C)(C)C)O[Si](C)(C)C. The van der Waals surface area contributed by atoms with Crippen molar-refractivity contribution in [3.63, 3.8) is 0 Å². The number of rotatable bonds is 43. The molecule has 0 saturated heterocycles. The van der Waals surface area contributed by atoms with E-state index in [1.165, 1.54) is 0 Å². The summed E-state index contributed by atoms with van der Waals surface area (Å²) in [6.45, 7) is 42.1. The van der Waals surface area contributed by atoms with Crippen LogP contribution in [0.2, 0.25) is 104 Å². The van der Waals surface area contributed by atoms with Gasteiger partial charge in [0.1, 0.15) is 0 Å². The standard InChI is InChI=1S/C38H90O14Si6/c1-53(2,3)49-57(13,50-54(4,5)6)37-15-17-39-19-21-41-23-25-43-27-29-45-31-33-47-35-36-48-34-32-46-30-28-44-26-24-42-22-20-40-18-16-38-58(14,51-55(7,8)9)52-56(10,11)12/h15-38H2,1-14H3. The summed E-state index contributed by atoms with van der Waals surface area (Å²) in [6.07, 6.45) is 1.88. The average Bonchev–Trinajstić information content (AvgIpc) is 3.05. The third-order valence-corrected chi connectivity index (χ3v) is 26.5. The highest BCUT2D eigenvalue weighted by atomic mass is 28.5. The van der Waals surface area contributed by atoms with E-state index in [2.05, 4.69) is 91.7 Å². The summed E-state index contributed by atoms with van der Waals surface area (Å²) >= 11 is 0. The lowest BCUT2D eigenvalue weighted by atomic mass is 10.5.